The lowest BCUT2D eigenvalue weighted by molar-refractivity contribution is 0.0989. The van der Waals surface area contributed by atoms with Gasteiger partial charge in [-0.2, -0.15) is 0 Å². The molecule has 29 heavy (non-hydrogen) atoms. The van der Waals surface area contributed by atoms with Crippen molar-refractivity contribution in [2.24, 2.45) is 0 Å². The third-order valence-corrected chi connectivity index (χ3v) is 5.78. The number of amides is 1. The SMILES string of the molecule is O=C(c1cccnc1N1CCC(Nc2ccccc2)C1)N1CCc2ccccc21. The third kappa shape index (κ3) is 3.44. The molecule has 3 aromatic rings. The van der Waals surface area contributed by atoms with Crippen LogP contribution in [-0.4, -0.2) is 36.6 Å². The zero-order valence-corrected chi connectivity index (χ0v) is 16.3. The largest absolute Gasteiger partial charge is 0.380 e. The molecular formula is C24H24N4O. The molecule has 0 aliphatic carbocycles. The van der Waals surface area contributed by atoms with Gasteiger partial charge in [-0.25, -0.2) is 4.98 Å². The van der Waals surface area contributed by atoms with Gasteiger partial charge in [0, 0.05) is 43.2 Å². The molecule has 5 rings (SSSR count). The predicted molar refractivity (Wildman–Crippen MR) is 117 cm³/mol. The number of pyridine rings is 1. The Labute approximate surface area is 171 Å². The van der Waals surface area contributed by atoms with Crippen molar-refractivity contribution < 1.29 is 4.79 Å². The Morgan fingerprint density at radius 1 is 0.966 bits per heavy atom. The van der Waals surface area contributed by atoms with Crippen molar-refractivity contribution >= 4 is 23.1 Å². The van der Waals surface area contributed by atoms with E-state index in [0.29, 0.717) is 11.6 Å². The van der Waals surface area contributed by atoms with Gasteiger partial charge in [0.25, 0.3) is 5.91 Å². The molecule has 3 heterocycles. The Morgan fingerprint density at radius 2 is 1.79 bits per heavy atom. The van der Waals surface area contributed by atoms with Crippen molar-refractivity contribution in [3.8, 4) is 0 Å². The summed E-state index contributed by atoms with van der Waals surface area (Å²) in [6.45, 7) is 2.45. The van der Waals surface area contributed by atoms with Crippen molar-refractivity contribution in [3.63, 3.8) is 0 Å². The molecule has 5 heteroatoms. The summed E-state index contributed by atoms with van der Waals surface area (Å²) >= 11 is 0. The van der Waals surface area contributed by atoms with Crippen LogP contribution in [0, 0.1) is 0 Å². The van der Waals surface area contributed by atoms with Crippen LogP contribution in [-0.2, 0) is 6.42 Å². The van der Waals surface area contributed by atoms with Gasteiger partial charge in [0.1, 0.15) is 5.82 Å². The van der Waals surface area contributed by atoms with Crippen LogP contribution in [0.25, 0.3) is 0 Å². The van der Waals surface area contributed by atoms with Crippen molar-refractivity contribution in [1.29, 1.82) is 0 Å². The second-order valence-corrected chi connectivity index (χ2v) is 7.65. The number of nitrogens with one attached hydrogen (secondary N) is 1. The fourth-order valence-electron chi connectivity index (χ4n) is 4.35. The number of benzene rings is 2. The fourth-order valence-corrected chi connectivity index (χ4v) is 4.35. The number of carbonyl (C=O) groups is 1. The quantitative estimate of drug-likeness (QED) is 0.739. The molecule has 1 amide bonds. The standard InChI is InChI=1S/C24H24N4O/c29-24(28-16-12-18-7-4-5-11-22(18)28)21-10-6-14-25-23(21)27-15-13-20(17-27)26-19-8-2-1-3-9-19/h1-11,14,20,26H,12-13,15-17H2. The average molecular weight is 384 g/mol. The molecule has 1 saturated heterocycles. The van der Waals surface area contributed by atoms with Crippen molar-refractivity contribution in [3.05, 3.63) is 84.1 Å². The molecule has 1 unspecified atom stereocenters. The monoisotopic (exact) mass is 384 g/mol. The van der Waals surface area contributed by atoms with Gasteiger partial charge in [-0.05, 0) is 48.7 Å². The summed E-state index contributed by atoms with van der Waals surface area (Å²) in [5.74, 6) is 0.830. The zero-order valence-electron chi connectivity index (χ0n) is 16.3. The molecular weight excluding hydrogens is 360 g/mol. The van der Waals surface area contributed by atoms with E-state index in [9.17, 15) is 4.79 Å². The second-order valence-electron chi connectivity index (χ2n) is 7.65. The van der Waals surface area contributed by atoms with Gasteiger partial charge in [0.15, 0.2) is 0 Å². The van der Waals surface area contributed by atoms with Gasteiger partial charge in [-0.15, -0.1) is 0 Å². The molecule has 146 valence electrons. The number of hydrogen-bond acceptors (Lipinski definition) is 4. The van der Waals surface area contributed by atoms with E-state index in [2.05, 4.69) is 33.4 Å². The van der Waals surface area contributed by atoms with E-state index in [4.69, 9.17) is 0 Å². The molecule has 2 aliphatic rings. The maximum absolute atomic E-state index is 13.4. The van der Waals surface area contributed by atoms with E-state index in [-0.39, 0.29) is 5.91 Å². The van der Waals surface area contributed by atoms with E-state index in [0.717, 1.165) is 49.7 Å². The van der Waals surface area contributed by atoms with Crippen LogP contribution in [0.4, 0.5) is 17.2 Å². The van der Waals surface area contributed by atoms with Gasteiger partial charge >= 0.3 is 0 Å². The first-order chi connectivity index (χ1) is 14.3. The fraction of sp³-hybridized carbons (Fsp3) is 0.250. The Kier molecular flexibility index (Phi) is 4.64. The third-order valence-electron chi connectivity index (χ3n) is 5.78. The topological polar surface area (TPSA) is 48.5 Å². The zero-order chi connectivity index (χ0) is 19.6. The first-order valence-corrected chi connectivity index (χ1v) is 10.2. The lowest BCUT2D eigenvalue weighted by atomic mass is 10.1. The highest BCUT2D eigenvalue weighted by atomic mass is 16.2. The molecule has 1 N–H and O–H groups in total. The lowest BCUT2D eigenvalue weighted by Crippen LogP contribution is -2.32. The molecule has 1 aromatic heterocycles. The minimum Gasteiger partial charge on any atom is -0.380 e. The van der Waals surface area contributed by atoms with Gasteiger partial charge in [0.2, 0.25) is 0 Å². The summed E-state index contributed by atoms with van der Waals surface area (Å²) in [6, 6.07) is 22.5. The van der Waals surface area contributed by atoms with Gasteiger partial charge in [0.05, 0.1) is 5.56 Å². The molecule has 0 bridgehead atoms. The molecule has 0 radical (unpaired) electrons. The van der Waals surface area contributed by atoms with Crippen molar-refractivity contribution in [2.45, 2.75) is 18.9 Å². The number of hydrogen-bond donors (Lipinski definition) is 1. The first kappa shape index (κ1) is 17.7. The maximum Gasteiger partial charge on any atom is 0.262 e. The predicted octanol–water partition coefficient (Wildman–Crippen LogP) is 3.98. The van der Waals surface area contributed by atoms with Crippen LogP contribution in [0.1, 0.15) is 22.3 Å². The van der Waals surface area contributed by atoms with Gasteiger partial charge in [-0.3, -0.25) is 4.79 Å². The number of fused-ring (bicyclic) bond motifs is 1. The molecule has 2 aromatic carbocycles. The number of anilines is 3. The maximum atomic E-state index is 13.4. The highest BCUT2D eigenvalue weighted by molar-refractivity contribution is 6.10. The number of para-hydroxylation sites is 2. The molecule has 2 aliphatic heterocycles. The van der Waals surface area contributed by atoms with Gasteiger partial charge in [-0.1, -0.05) is 36.4 Å². The van der Waals surface area contributed by atoms with Crippen molar-refractivity contribution in [2.75, 3.05) is 34.8 Å². The highest BCUT2D eigenvalue weighted by Gasteiger charge is 2.31. The minimum atomic E-state index is 0.0394. The van der Waals surface area contributed by atoms with Crippen LogP contribution in [0.2, 0.25) is 0 Å². The first-order valence-electron chi connectivity index (χ1n) is 10.2. The minimum absolute atomic E-state index is 0.0394. The van der Waals surface area contributed by atoms with Crippen LogP contribution >= 0.6 is 0 Å². The summed E-state index contributed by atoms with van der Waals surface area (Å²) in [5.41, 5.74) is 4.08. The Balaban J connectivity index is 1.36. The van der Waals surface area contributed by atoms with Crippen LogP contribution < -0.4 is 15.1 Å². The number of aromatic nitrogens is 1. The molecule has 1 atom stereocenters. The normalized spacial score (nSPS) is 18.0. The summed E-state index contributed by atoms with van der Waals surface area (Å²) in [7, 11) is 0. The highest BCUT2D eigenvalue weighted by Crippen LogP contribution is 2.31. The Morgan fingerprint density at radius 3 is 2.69 bits per heavy atom. The summed E-state index contributed by atoms with van der Waals surface area (Å²) in [5, 5.41) is 3.59. The van der Waals surface area contributed by atoms with Crippen LogP contribution in [0.3, 0.4) is 0 Å². The number of nitrogens with zero attached hydrogens (tertiary/aromatic N) is 3. The summed E-state index contributed by atoms with van der Waals surface area (Å²) < 4.78 is 0. The Bertz CT molecular complexity index is 1020. The summed E-state index contributed by atoms with van der Waals surface area (Å²) in [4.78, 5) is 22.1. The van der Waals surface area contributed by atoms with Crippen molar-refractivity contribution in [1.82, 2.24) is 4.98 Å². The molecule has 0 saturated carbocycles. The van der Waals surface area contributed by atoms with Crippen LogP contribution in [0.5, 0.6) is 0 Å². The smallest absolute Gasteiger partial charge is 0.262 e. The van der Waals surface area contributed by atoms with Gasteiger partial charge < -0.3 is 15.1 Å². The average Bonchev–Trinajstić information content (AvgIpc) is 3.41. The van der Waals surface area contributed by atoms with E-state index >= 15 is 0 Å². The number of rotatable bonds is 4. The molecule has 1 fully saturated rings. The van der Waals surface area contributed by atoms with E-state index in [1.54, 1.807) is 6.20 Å². The Hall–Kier alpha value is -3.34. The molecule has 5 nitrogen and oxygen atoms in total. The van der Waals surface area contributed by atoms with E-state index < -0.39 is 0 Å². The van der Waals surface area contributed by atoms with Crippen LogP contribution in [0.15, 0.2) is 72.9 Å². The number of carbonyl (C=O) groups excluding carboxylic acids is 1. The summed E-state index contributed by atoms with van der Waals surface area (Å²) in [6.07, 6.45) is 3.71. The molecule has 0 spiro atoms. The van der Waals surface area contributed by atoms with E-state index in [1.165, 1.54) is 5.56 Å². The lowest BCUT2D eigenvalue weighted by Gasteiger charge is -2.23. The van der Waals surface area contributed by atoms with E-state index in [1.807, 2.05) is 53.4 Å². The second kappa shape index (κ2) is 7.59.